The molecule has 1 saturated heterocycles. The Kier molecular flexibility index (Phi) is 4.85. The fraction of sp³-hybridized carbons (Fsp3) is 0.615. The Labute approximate surface area is 118 Å². The molecule has 1 aliphatic heterocycles. The first-order chi connectivity index (χ1) is 9.15. The van der Waals surface area contributed by atoms with Gasteiger partial charge in [-0.2, -0.15) is 0 Å². The van der Waals surface area contributed by atoms with Crippen LogP contribution in [-0.4, -0.2) is 64.7 Å². The molecule has 0 atom stereocenters. The van der Waals surface area contributed by atoms with Gasteiger partial charge in [-0.25, -0.2) is 0 Å². The van der Waals surface area contributed by atoms with Crippen molar-refractivity contribution in [1.29, 1.82) is 0 Å². The average molecular weight is 286 g/mol. The molecule has 1 aromatic heterocycles. The number of nitrogens with zero attached hydrogens (tertiary/aromatic N) is 3. The summed E-state index contributed by atoms with van der Waals surface area (Å²) < 4.78 is 1.88. The highest BCUT2D eigenvalue weighted by Crippen LogP contribution is 2.17. The molecule has 1 amide bonds. The quantitative estimate of drug-likeness (QED) is 0.895. The molecular formula is C13H20ClN3O2. The standard InChI is InChI=1S/C13H20ClN3O2/c1-2-16-10-11(14)9-12(16)13(19)17-5-3-15(4-6-17)7-8-18/h9-10,18H,2-8H2,1H3. The van der Waals surface area contributed by atoms with E-state index >= 15 is 0 Å². The minimum Gasteiger partial charge on any atom is -0.395 e. The Morgan fingerprint density at radius 1 is 1.37 bits per heavy atom. The van der Waals surface area contributed by atoms with Gasteiger partial charge in [-0.1, -0.05) is 11.6 Å². The Morgan fingerprint density at radius 3 is 2.63 bits per heavy atom. The van der Waals surface area contributed by atoms with Gasteiger partial charge in [0.05, 0.1) is 11.6 Å². The third kappa shape index (κ3) is 3.29. The summed E-state index contributed by atoms with van der Waals surface area (Å²) in [6, 6.07) is 1.73. The molecule has 0 aliphatic carbocycles. The minimum atomic E-state index is 0.0393. The molecule has 0 unspecified atom stereocenters. The molecule has 19 heavy (non-hydrogen) atoms. The number of aryl methyl sites for hydroxylation is 1. The SMILES string of the molecule is CCn1cc(Cl)cc1C(=O)N1CCN(CCO)CC1. The van der Waals surface area contributed by atoms with E-state index in [9.17, 15) is 4.79 Å². The predicted octanol–water partition coefficient (Wildman–Crippen LogP) is 0.911. The summed E-state index contributed by atoms with van der Waals surface area (Å²) in [5.74, 6) is 0.0393. The van der Waals surface area contributed by atoms with E-state index in [1.165, 1.54) is 0 Å². The summed E-state index contributed by atoms with van der Waals surface area (Å²) in [5, 5.41) is 9.50. The maximum absolute atomic E-state index is 12.4. The lowest BCUT2D eigenvalue weighted by Crippen LogP contribution is -2.49. The third-order valence-corrected chi connectivity index (χ3v) is 3.71. The van der Waals surface area contributed by atoms with Crippen molar-refractivity contribution in [1.82, 2.24) is 14.4 Å². The van der Waals surface area contributed by atoms with Crippen molar-refractivity contribution in [3.8, 4) is 0 Å². The van der Waals surface area contributed by atoms with Crippen LogP contribution in [0.1, 0.15) is 17.4 Å². The number of β-amino-alcohol motifs (C(OH)–C–C–N with tert-alkyl or cyclic N) is 1. The van der Waals surface area contributed by atoms with Crippen LogP contribution in [0.3, 0.4) is 0 Å². The monoisotopic (exact) mass is 285 g/mol. The summed E-state index contributed by atoms with van der Waals surface area (Å²) in [6.07, 6.45) is 1.79. The maximum Gasteiger partial charge on any atom is 0.270 e. The number of aliphatic hydroxyl groups is 1. The number of rotatable bonds is 4. The van der Waals surface area contributed by atoms with E-state index < -0.39 is 0 Å². The molecule has 6 heteroatoms. The van der Waals surface area contributed by atoms with Crippen LogP contribution in [0.4, 0.5) is 0 Å². The number of halogens is 1. The van der Waals surface area contributed by atoms with Crippen molar-refractivity contribution in [3.63, 3.8) is 0 Å². The number of aliphatic hydroxyl groups excluding tert-OH is 1. The topological polar surface area (TPSA) is 48.7 Å². The number of hydrogen-bond donors (Lipinski definition) is 1. The largest absolute Gasteiger partial charge is 0.395 e. The van der Waals surface area contributed by atoms with E-state index in [0.29, 0.717) is 30.4 Å². The minimum absolute atomic E-state index is 0.0393. The molecule has 2 rings (SSSR count). The number of piperazine rings is 1. The van der Waals surface area contributed by atoms with Gasteiger partial charge in [-0.3, -0.25) is 9.69 Å². The van der Waals surface area contributed by atoms with Crippen molar-refractivity contribution in [3.05, 3.63) is 23.0 Å². The molecule has 5 nitrogen and oxygen atoms in total. The van der Waals surface area contributed by atoms with Crippen LogP contribution in [0.5, 0.6) is 0 Å². The highest BCUT2D eigenvalue weighted by atomic mass is 35.5. The summed E-state index contributed by atoms with van der Waals surface area (Å²) in [6.45, 7) is 6.60. The van der Waals surface area contributed by atoms with Crippen LogP contribution in [0.15, 0.2) is 12.3 Å². The normalized spacial score (nSPS) is 16.9. The molecule has 0 aromatic carbocycles. The average Bonchev–Trinajstić information content (AvgIpc) is 2.80. The van der Waals surface area contributed by atoms with E-state index in [4.69, 9.17) is 16.7 Å². The molecule has 0 radical (unpaired) electrons. The van der Waals surface area contributed by atoms with Crippen LogP contribution in [-0.2, 0) is 6.54 Å². The zero-order chi connectivity index (χ0) is 13.8. The Balaban J connectivity index is 2.01. The molecule has 106 valence electrons. The lowest BCUT2D eigenvalue weighted by atomic mass is 10.2. The highest BCUT2D eigenvalue weighted by molar-refractivity contribution is 6.31. The van der Waals surface area contributed by atoms with Gasteiger partial charge in [-0.15, -0.1) is 0 Å². The van der Waals surface area contributed by atoms with Gasteiger partial charge < -0.3 is 14.6 Å². The smallest absolute Gasteiger partial charge is 0.270 e. The predicted molar refractivity (Wildman–Crippen MR) is 74.5 cm³/mol. The molecule has 2 heterocycles. The molecule has 0 saturated carbocycles. The third-order valence-electron chi connectivity index (χ3n) is 3.50. The van der Waals surface area contributed by atoms with Gasteiger partial charge in [-0.05, 0) is 13.0 Å². The first-order valence-electron chi connectivity index (χ1n) is 6.64. The Hall–Kier alpha value is -1.04. The fourth-order valence-electron chi connectivity index (χ4n) is 2.39. The van der Waals surface area contributed by atoms with Gasteiger partial charge in [0.25, 0.3) is 5.91 Å². The van der Waals surface area contributed by atoms with Crippen molar-refractivity contribution < 1.29 is 9.90 Å². The van der Waals surface area contributed by atoms with Crippen molar-refractivity contribution in [2.75, 3.05) is 39.3 Å². The van der Waals surface area contributed by atoms with Crippen molar-refractivity contribution >= 4 is 17.5 Å². The highest BCUT2D eigenvalue weighted by Gasteiger charge is 2.24. The zero-order valence-corrected chi connectivity index (χ0v) is 11.9. The Morgan fingerprint density at radius 2 is 2.05 bits per heavy atom. The van der Waals surface area contributed by atoms with E-state index in [1.807, 2.05) is 16.4 Å². The van der Waals surface area contributed by atoms with E-state index in [1.54, 1.807) is 12.3 Å². The van der Waals surface area contributed by atoms with E-state index in [2.05, 4.69) is 4.90 Å². The second-order valence-electron chi connectivity index (χ2n) is 4.69. The second kappa shape index (κ2) is 6.41. The lowest BCUT2D eigenvalue weighted by molar-refractivity contribution is 0.0605. The zero-order valence-electron chi connectivity index (χ0n) is 11.2. The van der Waals surface area contributed by atoms with E-state index in [0.717, 1.165) is 19.6 Å². The molecule has 1 aromatic rings. The summed E-state index contributed by atoms with van der Waals surface area (Å²) in [4.78, 5) is 16.5. The number of hydrogen-bond acceptors (Lipinski definition) is 3. The van der Waals surface area contributed by atoms with Gasteiger partial charge in [0.2, 0.25) is 0 Å². The summed E-state index contributed by atoms with van der Waals surface area (Å²) in [7, 11) is 0. The van der Waals surface area contributed by atoms with Gasteiger partial charge in [0.15, 0.2) is 0 Å². The van der Waals surface area contributed by atoms with Crippen molar-refractivity contribution in [2.45, 2.75) is 13.5 Å². The van der Waals surface area contributed by atoms with Crippen LogP contribution < -0.4 is 0 Å². The molecular weight excluding hydrogens is 266 g/mol. The van der Waals surface area contributed by atoms with Crippen LogP contribution in [0, 0.1) is 0 Å². The molecule has 1 aliphatic rings. The fourth-order valence-corrected chi connectivity index (χ4v) is 2.61. The summed E-state index contributed by atoms with van der Waals surface area (Å²) in [5.41, 5.74) is 0.656. The molecule has 0 spiro atoms. The van der Waals surface area contributed by atoms with Gasteiger partial charge in [0.1, 0.15) is 5.69 Å². The summed E-state index contributed by atoms with van der Waals surface area (Å²) >= 11 is 5.96. The van der Waals surface area contributed by atoms with Crippen LogP contribution >= 0.6 is 11.6 Å². The van der Waals surface area contributed by atoms with E-state index in [-0.39, 0.29) is 12.5 Å². The van der Waals surface area contributed by atoms with Crippen molar-refractivity contribution in [2.24, 2.45) is 0 Å². The lowest BCUT2D eigenvalue weighted by Gasteiger charge is -2.34. The molecule has 1 N–H and O–H groups in total. The number of carbonyl (C=O) groups excluding carboxylic acids is 1. The van der Waals surface area contributed by atoms with Gasteiger partial charge in [0, 0.05) is 45.5 Å². The van der Waals surface area contributed by atoms with Crippen LogP contribution in [0.2, 0.25) is 5.02 Å². The number of carbonyl (C=O) groups is 1. The Bertz CT molecular complexity index is 439. The molecule has 1 fully saturated rings. The number of amides is 1. The second-order valence-corrected chi connectivity index (χ2v) is 5.12. The first-order valence-corrected chi connectivity index (χ1v) is 7.01. The first kappa shape index (κ1) is 14.4. The maximum atomic E-state index is 12.4. The molecule has 0 bridgehead atoms. The van der Waals surface area contributed by atoms with Crippen LogP contribution in [0.25, 0.3) is 0 Å². The number of aromatic nitrogens is 1. The van der Waals surface area contributed by atoms with Gasteiger partial charge >= 0.3 is 0 Å².